The second-order valence-corrected chi connectivity index (χ2v) is 5.10. The van der Waals surface area contributed by atoms with Crippen LogP contribution in [0, 0.1) is 0 Å². The molecule has 0 aliphatic heterocycles. The standard InChI is InChI=1S/C14H18F3N/c15-14(16,17)12-5-3-4-11(10-12)13(8-9-18)6-1-2-7-13/h3-5,10H,1-2,6-9,18H2. The molecule has 1 aliphatic rings. The largest absolute Gasteiger partial charge is 0.416 e. The normalized spacial score (nSPS) is 19.1. The topological polar surface area (TPSA) is 26.0 Å². The zero-order chi connectivity index (χ0) is 13.2. The quantitative estimate of drug-likeness (QED) is 0.874. The predicted molar refractivity (Wildman–Crippen MR) is 65.3 cm³/mol. The summed E-state index contributed by atoms with van der Waals surface area (Å²) < 4.78 is 38.2. The lowest BCUT2D eigenvalue weighted by Gasteiger charge is -2.29. The summed E-state index contributed by atoms with van der Waals surface area (Å²) in [6.07, 6.45) is 0.566. The summed E-state index contributed by atoms with van der Waals surface area (Å²) in [6.45, 7) is 0.524. The van der Waals surface area contributed by atoms with Crippen LogP contribution in [0.1, 0.15) is 43.2 Å². The van der Waals surface area contributed by atoms with Crippen molar-refractivity contribution >= 4 is 0 Å². The highest BCUT2D eigenvalue weighted by atomic mass is 19.4. The molecule has 1 saturated carbocycles. The van der Waals surface area contributed by atoms with Gasteiger partial charge in [-0.2, -0.15) is 13.2 Å². The zero-order valence-corrected chi connectivity index (χ0v) is 10.3. The molecule has 0 bridgehead atoms. The van der Waals surface area contributed by atoms with Crippen molar-refractivity contribution < 1.29 is 13.2 Å². The lowest BCUT2D eigenvalue weighted by Crippen LogP contribution is -2.26. The Morgan fingerprint density at radius 1 is 1.17 bits per heavy atom. The molecule has 2 N–H and O–H groups in total. The third-order valence-corrected chi connectivity index (χ3v) is 3.99. The van der Waals surface area contributed by atoms with Crippen molar-refractivity contribution in [2.45, 2.75) is 43.7 Å². The van der Waals surface area contributed by atoms with Gasteiger partial charge in [0.1, 0.15) is 0 Å². The Labute approximate surface area is 105 Å². The van der Waals surface area contributed by atoms with Gasteiger partial charge in [-0.25, -0.2) is 0 Å². The molecule has 1 aliphatic carbocycles. The van der Waals surface area contributed by atoms with Gasteiger partial charge in [-0.15, -0.1) is 0 Å². The van der Waals surface area contributed by atoms with Crippen LogP contribution >= 0.6 is 0 Å². The third kappa shape index (κ3) is 2.53. The Balaban J connectivity index is 2.37. The molecule has 0 saturated heterocycles. The fourth-order valence-electron chi connectivity index (χ4n) is 3.04. The van der Waals surface area contributed by atoms with Crippen LogP contribution in [0.25, 0.3) is 0 Å². The summed E-state index contributed by atoms with van der Waals surface area (Å²) in [5.74, 6) is 0. The van der Waals surface area contributed by atoms with Gasteiger partial charge in [-0.1, -0.05) is 31.0 Å². The predicted octanol–water partition coefficient (Wildman–Crippen LogP) is 3.87. The summed E-state index contributed by atoms with van der Waals surface area (Å²) in [6, 6.07) is 5.76. The molecule has 0 aromatic heterocycles. The molecule has 1 nitrogen and oxygen atoms in total. The smallest absolute Gasteiger partial charge is 0.330 e. The number of alkyl halides is 3. The van der Waals surface area contributed by atoms with Crippen LogP contribution < -0.4 is 5.73 Å². The number of halogens is 3. The first-order valence-electron chi connectivity index (χ1n) is 6.36. The van der Waals surface area contributed by atoms with Crippen LogP contribution in [-0.4, -0.2) is 6.54 Å². The Morgan fingerprint density at radius 3 is 2.39 bits per heavy atom. The number of hydrogen-bond donors (Lipinski definition) is 1. The fraction of sp³-hybridized carbons (Fsp3) is 0.571. The Morgan fingerprint density at radius 2 is 1.83 bits per heavy atom. The Kier molecular flexibility index (Phi) is 3.66. The van der Waals surface area contributed by atoms with Crippen molar-refractivity contribution in [1.29, 1.82) is 0 Å². The van der Waals surface area contributed by atoms with E-state index in [9.17, 15) is 13.2 Å². The molecule has 0 spiro atoms. The van der Waals surface area contributed by atoms with Gasteiger partial charge in [0.2, 0.25) is 0 Å². The highest BCUT2D eigenvalue weighted by Crippen LogP contribution is 2.44. The van der Waals surface area contributed by atoms with Crippen molar-refractivity contribution in [3.8, 4) is 0 Å². The number of rotatable bonds is 3. The minimum Gasteiger partial charge on any atom is -0.330 e. The molecular formula is C14H18F3N. The van der Waals surface area contributed by atoms with E-state index in [0.717, 1.165) is 43.7 Å². The van der Waals surface area contributed by atoms with Gasteiger partial charge in [-0.05, 0) is 42.9 Å². The average Bonchev–Trinajstić information content (AvgIpc) is 2.79. The van der Waals surface area contributed by atoms with Gasteiger partial charge in [0.05, 0.1) is 5.56 Å². The van der Waals surface area contributed by atoms with Crippen LogP contribution in [0.15, 0.2) is 24.3 Å². The molecule has 0 amide bonds. The summed E-state index contributed by atoms with van der Waals surface area (Å²) in [5, 5.41) is 0. The average molecular weight is 257 g/mol. The van der Waals surface area contributed by atoms with Crippen molar-refractivity contribution in [2.75, 3.05) is 6.54 Å². The Bertz CT molecular complexity index is 406. The summed E-state index contributed by atoms with van der Waals surface area (Å²) in [5.41, 5.74) is 5.76. The third-order valence-electron chi connectivity index (χ3n) is 3.99. The monoisotopic (exact) mass is 257 g/mol. The highest BCUT2D eigenvalue weighted by Gasteiger charge is 2.37. The van der Waals surface area contributed by atoms with Gasteiger partial charge >= 0.3 is 6.18 Å². The second-order valence-electron chi connectivity index (χ2n) is 5.10. The maximum absolute atomic E-state index is 12.7. The van der Waals surface area contributed by atoms with Crippen molar-refractivity contribution in [1.82, 2.24) is 0 Å². The van der Waals surface area contributed by atoms with Crippen molar-refractivity contribution in [2.24, 2.45) is 5.73 Å². The van der Waals surface area contributed by atoms with E-state index in [4.69, 9.17) is 5.73 Å². The van der Waals surface area contributed by atoms with Gasteiger partial charge < -0.3 is 5.73 Å². The van der Waals surface area contributed by atoms with Gasteiger partial charge in [0.15, 0.2) is 0 Å². The van der Waals surface area contributed by atoms with Gasteiger partial charge in [0.25, 0.3) is 0 Å². The van der Waals surface area contributed by atoms with Gasteiger partial charge in [-0.3, -0.25) is 0 Å². The van der Waals surface area contributed by atoms with E-state index in [2.05, 4.69) is 0 Å². The molecule has 0 heterocycles. The molecule has 1 fully saturated rings. The van der Waals surface area contributed by atoms with Crippen molar-refractivity contribution in [3.05, 3.63) is 35.4 Å². The fourth-order valence-corrected chi connectivity index (χ4v) is 3.04. The number of hydrogen-bond acceptors (Lipinski definition) is 1. The van der Waals surface area contributed by atoms with Gasteiger partial charge in [0, 0.05) is 0 Å². The maximum atomic E-state index is 12.7. The number of benzene rings is 1. The second kappa shape index (κ2) is 4.92. The van der Waals surface area contributed by atoms with E-state index < -0.39 is 11.7 Å². The first-order valence-corrected chi connectivity index (χ1v) is 6.36. The van der Waals surface area contributed by atoms with Crippen molar-refractivity contribution in [3.63, 3.8) is 0 Å². The van der Waals surface area contributed by atoms with Crippen LogP contribution in [0.4, 0.5) is 13.2 Å². The van der Waals surface area contributed by atoms with E-state index >= 15 is 0 Å². The maximum Gasteiger partial charge on any atom is 0.416 e. The molecule has 1 aromatic carbocycles. The SMILES string of the molecule is NCCC1(c2cccc(C(F)(F)F)c2)CCCC1. The minimum absolute atomic E-state index is 0.129. The van der Waals surface area contributed by atoms with Crippen LogP contribution in [-0.2, 0) is 11.6 Å². The lowest BCUT2D eigenvalue weighted by atomic mass is 9.75. The summed E-state index contributed by atoms with van der Waals surface area (Å²) >= 11 is 0. The summed E-state index contributed by atoms with van der Waals surface area (Å²) in [4.78, 5) is 0. The van der Waals surface area contributed by atoms with E-state index in [1.54, 1.807) is 0 Å². The summed E-state index contributed by atoms with van der Waals surface area (Å²) in [7, 11) is 0. The Hall–Kier alpha value is -1.03. The lowest BCUT2D eigenvalue weighted by molar-refractivity contribution is -0.137. The van der Waals surface area contributed by atoms with Crippen LogP contribution in [0.5, 0.6) is 0 Å². The van der Waals surface area contributed by atoms with Crippen LogP contribution in [0.3, 0.4) is 0 Å². The van der Waals surface area contributed by atoms with Crippen LogP contribution in [0.2, 0.25) is 0 Å². The van der Waals surface area contributed by atoms with E-state index in [-0.39, 0.29) is 5.41 Å². The number of nitrogens with two attached hydrogens (primary N) is 1. The molecule has 0 atom stereocenters. The zero-order valence-electron chi connectivity index (χ0n) is 10.3. The first kappa shape index (κ1) is 13.4. The molecule has 100 valence electrons. The molecule has 4 heteroatoms. The molecule has 18 heavy (non-hydrogen) atoms. The molecule has 0 unspecified atom stereocenters. The first-order chi connectivity index (χ1) is 8.48. The molecule has 2 rings (SSSR count). The van der Waals surface area contributed by atoms with E-state index in [1.807, 2.05) is 6.07 Å². The molecular weight excluding hydrogens is 239 g/mol. The van der Waals surface area contributed by atoms with E-state index in [1.165, 1.54) is 12.1 Å². The van der Waals surface area contributed by atoms with E-state index in [0.29, 0.717) is 6.54 Å². The molecule has 0 radical (unpaired) electrons. The molecule has 1 aromatic rings. The minimum atomic E-state index is -4.27. The highest BCUT2D eigenvalue weighted by molar-refractivity contribution is 5.32.